The molecule has 0 aliphatic heterocycles. The van der Waals surface area contributed by atoms with Gasteiger partial charge in [-0.25, -0.2) is 0 Å². The van der Waals surface area contributed by atoms with E-state index >= 15 is 0 Å². The molecule has 0 bridgehead atoms. The lowest BCUT2D eigenvalue weighted by molar-refractivity contribution is 0.338. The average molecular weight is 265 g/mol. The minimum absolute atomic E-state index is 0.359. The zero-order valence-electron chi connectivity index (χ0n) is 13.8. The molecule has 3 heteroatoms. The topological polar surface area (TPSA) is 29.9 Å². The van der Waals surface area contributed by atoms with Gasteiger partial charge in [0.05, 0.1) is 5.69 Å². The molecular weight excluding hydrogens is 234 g/mol. The Balaban J connectivity index is 2.93. The van der Waals surface area contributed by atoms with Crippen LogP contribution in [-0.4, -0.2) is 16.3 Å². The molecule has 3 nitrogen and oxygen atoms in total. The van der Waals surface area contributed by atoms with Gasteiger partial charge in [-0.1, -0.05) is 34.6 Å². The first kappa shape index (κ1) is 16.2. The van der Waals surface area contributed by atoms with Crippen LogP contribution in [0.15, 0.2) is 0 Å². The molecule has 0 saturated heterocycles. The maximum absolute atomic E-state index is 4.74. The van der Waals surface area contributed by atoms with Gasteiger partial charge in [-0.3, -0.25) is 4.68 Å². The van der Waals surface area contributed by atoms with Crippen molar-refractivity contribution in [3.63, 3.8) is 0 Å². The van der Waals surface area contributed by atoms with E-state index in [2.05, 4.69) is 58.5 Å². The number of hydrogen-bond donors (Lipinski definition) is 1. The zero-order valence-corrected chi connectivity index (χ0v) is 13.8. The molecular formula is C16H31N3. The molecule has 1 N–H and O–H groups in total. The predicted octanol–water partition coefficient (Wildman–Crippen LogP) is 4.00. The highest BCUT2D eigenvalue weighted by Crippen LogP contribution is 2.26. The molecule has 19 heavy (non-hydrogen) atoms. The summed E-state index contributed by atoms with van der Waals surface area (Å²) in [4.78, 5) is 0. The van der Waals surface area contributed by atoms with Gasteiger partial charge in [0.1, 0.15) is 0 Å². The normalized spacial score (nSPS) is 13.8. The van der Waals surface area contributed by atoms with Crippen LogP contribution in [0.25, 0.3) is 0 Å². The van der Waals surface area contributed by atoms with Crippen LogP contribution in [0.3, 0.4) is 0 Å². The number of hydrogen-bond acceptors (Lipinski definition) is 2. The van der Waals surface area contributed by atoms with Crippen molar-refractivity contribution in [3.05, 3.63) is 17.0 Å². The fourth-order valence-electron chi connectivity index (χ4n) is 2.57. The van der Waals surface area contributed by atoms with Crippen LogP contribution >= 0.6 is 0 Å². The Kier molecular flexibility index (Phi) is 5.60. The van der Waals surface area contributed by atoms with E-state index in [0.717, 1.165) is 25.9 Å². The lowest BCUT2D eigenvalue weighted by Crippen LogP contribution is -2.21. The van der Waals surface area contributed by atoms with E-state index in [1.54, 1.807) is 0 Å². The van der Waals surface area contributed by atoms with Crippen LogP contribution in [0.2, 0.25) is 0 Å². The molecule has 110 valence electrons. The predicted molar refractivity (Wildman–Crippen MR) is 82.5 cm³/mol. The Morgan fingerprint density at radius 2 is 1.84 bits per heavy atom. The highest BCUT2D eigenvalue weighted by Gasteiger charge is 2.19. The molecule has 1 heterocycles. The molecule has 0 amide bonds. The van der Waals surface area contributed by atoms with E-state index in [9.17, 15) is 0 Å². The Morgan fingerprint density at radius 3 is 2.32 bits per heavy atom. The van der Waals surface area contributed by atoms with Crippen LogP contribution in [0.1, 0.15) is 70.5 Å². The third-order valence-electron chi connectivity index (χ3n) is 3.72. The van der Waals surface area contributed by atoms with Crippen LogP contribution < -0.4 is 5.32 Å². The maximum Gasteiger partial charge on any atom is 0.0644 e. The summed E-state index contributed by atoms with van der Waals surface area (Å²) < 4.78 is 2.19. The van der Waals surface area contributed by atoms with Gasteiger partial charge in [0, 0.05) is 23.8 Å². The Morgan fingerprint density at radius 1 is 1.21 bits per heavy atom. The van der Waals surface area contributed by atoms with Gasteiger partial charge >= 0.3 is 0 Å². The molecule has 1 aromatic heterocycles. The van der Waals surface area contributed by atoms with E-state index in [1.165, 1.54) is 17.0 Å². The average Bonchev–Trinajstić information content (AvgIpc) is 2.59. The first-order chi connectivity index (χ1) is 8.80. The van der Waals surface area contributed by atoms with Crippen molar-refractivity contribution < 1.29 is 0 Å². The lowest BCUT2D eigenvalue weighted by Gasteiger charge is -2.19. The van der Waals surface area contributed by atoms with Gasteiger partial charge in [-0.15, -0.1) is 0 Å². The molecule has 1 unspecified atom stereocenters. The maximum atomic E-state index is 4.74. The van der Waals surface area contributed by atoms with E-state index in [-0.39, 0.29) is 0 Å². The molecule has 0 fully saturated rings. The van der Waals surface area contributed by atoms with Crippen molar-refractivity contribution in [3.8, 4) is 0 Å². The van der Waals surface area contributed by atoms with Gasteiger partial charge in [0.25, 0.3) is 0 Å². The molecule has 0 radical (unpaired) electrons. The first-order valence-electron chi connectivity index (χ1n) is 7.57. The highest BCUT2D eigenvalue weighted by molar-refractivity contribution is 5.28. The van der Waals surface area contributed by atoms with E-state index in [1.807, 2.05) is 0 Å². The number of aromatic nitrogens is 2. The zero-order chi connectivity index (χ0) is 14.6. The van der Waals surface area contributed by atoms with Crippen molar-refractivity contribution in [2.24, 2.45) is 5.41 Å². The van der Waals surface area contributed by atoms with Gasteiger partial charge in [-0.2, -0.15) is 5.10 Å². The monoisotopic (exact) mass is 265 g/mol. The van der Waals surface area contributed by atoms with Crippen LogP contribution in [0.5, 0.6) is 0 Å². The molecule has 1 rings (SSSR count). The van der Waals surface area contributed by atoms with Crippen molar-refractivity contribution in [2.45, 2.75) is 73.9 Å². The molecule has 1 aromatic rings. The third kappa shape index (κ3) is 4.34. The summed E-state index contributed by atoms with van der Waals surface area (Å²) in [5.41, 5.74) is 4.27. The van der Waals surface area contributed by atoms with Crippen LogP contribution in [-0.2, 0) is 6.54 Å². The van der Waals surface area contributed by atoms with Gasteiger partial charge in [0.2, 0.25) is 0 Å². The Bertz CT molecular complexity index is 399. The standard InChI is InChI=1S/C16H31N3/c1-8-14(17-9-2)15-12(3)18-19(13(15)4)11-10-16(5,6)7/h14,17H,8-11H2,1-7H3. The van der Waals surface area contributed by atoms with Gasteiger partial charge in [0.15, 0.2) is 0 Å². The molecule has 0 aliphatic carbocycles. The number of rotatable bonds is 6. The van der Waals surface area contributed by atoms with Crippen LogP contribution in [0.4, 0.5) is 0 Å². The van der Waals surface area contributed by atoms with Crippen molar-refractivity contribution in [1.29, 1.82) is 0 Å². The van der Waals surface area contributed by atoms with E-state index in [0.29, 0.717) is 11.5 Å². The third-order valence-corrected chi connectivity index (χ3v) is 3.72. The second kappa shape index (κ2) is 6.56. The van der Waals surface area contributed by atoms with E-state index in [4.69, 9.17) is 5.10 Å². The van der Waals surface area contributed by atoms with Crippen molar-refractivity contribution in [2.75, 3.05) is 6.54 Å². The molecule has 1 atom stereocenters. The minimum Gasteiger partial charge on any atom is -0.310 e. The largest absolute Gasteiger partial charge is 0.310 e. The SMILES string of the molecule is CCNC(CC)c1c(C)nn(CCC(C)(C)C)c1C. The number of nitrogens with one attached hydrogen (secondary N) is 1. The molecule has 0 saturated carbocycles. The Hall–Kier alpha value is -0.830. The summed E-state index contributed by atoms with van der Waals surface area (Å²) in [5.74, 6) is 0. The summed E-state index contributed by atoms with van der Waals surface area (Å²) in [7, 11) is 0. The summed E-state index contributed by atoms with van der Waals surface area (Å²) in [5, 5.41) is 8.30. The second-order valence-electron chi connectivity index (χ2n) is 6.64. The molecule has 0 spiro atoms. The summed E-state index contributed by atoms with van der Waals surface area (Å²) in [6.07, 6.45) is 2.27. The van der Waals surface area contributed by atoms with Crippen molar-refractivity contribution in [1.82, 2.24) is 15.1 Å². The Labute approximate surface area is 118 Å². The second-order valence-corrected chi connectivity index (χ2v) is 6.64. The molecule has 0 aromatic carbocycles. The quantitative estimate of drug-likeness (QED) is 0.842. The van der Waals surface area contributed by atoms with Gasteiger partial charge < -0.3 is 5.32 Å². The number of aryl methyl sites for hydroxylation is 2. The summed E-state index contributed by atoms with van der Waals surface area (Å²) in [6.45, 7) is 17.6. The first-order valence-corrected chi connectivity index (χ1v) is 7.57. The smallest absolute Gasteiger partial charge is 0.0644 e. The number of nitrogens with zero attached hydrogens (tertiary/aromatic N) is 2. The van der Waals surface area contributed by atoms with Crippen LogP contribution in [0, 0.1) is 19.3 Å². The van der Waals surface area contributed by atoms with E-state index < -0.39 is 0 Å². The van der Waals surface area contributed by atoms with Crippen molar-refractivity contribution >= 4 is 0 Å². The summed E-state index contributed by atoms with van der Waals surface area (Å²) >= 11 is 0. The minimum atomic E-state index is 0.359. The fraction of sp³-hybridized carbons (Fsp3) is 0.812. The molecule has 0 aliphatic rings. The highest BCUT2D eigenvalue weighted by atomic mass is 15.3. The summed E-state index contributed by atoms with van der Waals surface area (Å²) in [6, 6.07) is 0.438. The van der Waals surface area contributed by atoms with Gasteiger partial charge in [-0.05, 0) is 38.6 Å². The lowest BCUT2D eigenvalue weighted by atomic mass is 9.92. The fourth-order valence-corrected chi connectivity index (χ4v) is 2.57.